The molecule has 140 valence electrons. The standard InChI is InChI=1S/C20H26N2O3S/c1-6-19(18-11-10-14(2)12-15(18)3)21-20(23)16-8-7-9-17(13-16)22(4)26(5,24)25/h7-13,19H,6H2,1-5H3,(H,21,23). The van der Waals surface area contributed by atoms with E-state index >= 15 is 0 Å². The van der Waals surface area contributed by atoms with Crippen LogP contribution in [0, 0.1) is 13.8 Å². The molecule has 0 spiro atoms. The number of benzene rings is 2. The van der Waals surface area contributed by atoms with Crippen LogP contribution in [0.4, 0.5) is 5.69 Å². The Hall–Kier alpha value is -2.34. The minimum Gasteiger partial charge on any atom is -0.345 e. The number of nitrogens with zero attached hydrogens (tertiary/aromatic N) is 1. The summed E-state index contributed by atoms with van der Waals surface area (Å²) in [6.07, 6.45) is 1.89. The summed E-state index contributed by atoms with van der Waals surface area (Å²) in [5.74, 6) is -0.222. The first kappa shape index (κ1) is 20.0. The first-order valence-electron chi connectivity index (χ1n) is 8.55. The van der Waals surface area contributed by atoms with Gasteiger partial charge in [-0.15, -0.1) is 0 Å². The van der Waals surface area contributed by atoms with Crippen LogP contribution in [0.15, 0.2) is 42.5 Å². The van der Waals surface area contributed by atoms with Crippen LogP contribution < -0.4 is 9.62 Å². The quantitative estimate of drug-likeness (QED) is 0.840. The lowest BCUT2D eigenvalue weighted by Gasteiger charge is -2.21. The van der Waals surface area contributed by atoms with E-state index in [2.05, 4.69) is 11.4 Å². The van der Waals surface area contributed by atoms with Crippen molar-refractivity contribution in [2.24, 2.45) is 0 Å². The van der Waals surface area contributed by atoms with Gasteiger partial charge in [0.05, 0.1) is 18.0 Å². The Morgan fingerprint density at radius 2 is 1.85 bits per heavy atom. The average Bonchev–Trinajstić information content (AvgIpc) is 2.58. The number of rotatable bonds is 6. The molecular weight excluding hydrogens is 348 g/mol. The summed E-state index contributed by atoms with van der Waals surface area (Å²) in [6.45, 7) is 6.11. The van der Waals surface area contributed by atoms with Gasteiger partial charge in [0.2, 0.25) is 10.0 Å². The van der Waals surface area contributed by atoms with Crippen molar-refractivity contribution in [1.82, 2.24) is 5.32 Å². The fourth-order valence-corrected chi connectivity index (χ4v) is 3.39. The van der Waals surface area contributed by atoms with Crippen LogP contribution in [0.25, 0.3) is 0 Å². The highest BCUT2D eigenvalue weighted by Crippen LogP contribution is 2.23. The third-order valence-electron chi connectivity index (χ3n) is 4.48. The lowest BCUT2D eigenvalue weighted by atomic mass is 9.97. The fraction of sp³-hybridized carbons (Fsp3) is 0.350. The van der Waals surface area contributed by atoms with E-state index in [1.807, 2.05) is 32.9 Å². The van der Waals surface area contributed by atoms with Crippen molar-refractivity contribution in [3.63, 3.8) is 0 Å². The molecule has 0 bridgehead atoms. The summed E-state index contributed by atoms with van der Waals surface area (Å²) in [5.41, 5.74) is 4.31. The molecule has 2 aromatic carbocycles. The zero-order valence-electron chi connectivity index (χ0n) is 15.9. The van der Waals surface area contributed by atoms with Gasteiger partial charge in [0.25, 0.3) is 5.91 Å². The number of aryl methyl sites for hydroxylation is 2. The third kappa shape index (κ3) is 4.64. The molecular formula is C20H26N2O3S. The van der Waals surface area contributed by atoms with Gasteiger partial charge in [0.1, 0.15) is 0 Å². The number of carbonyl (C=O) groups is 1. The molecule has 0 heterocycles. The molecule has 0 aliphatic heterocycles. The molecule has 2 aromatic rings. The molecule has 1 N–H and O–H groups in total. The van der Waals surface area contributed by atoms with Crippen LogP contribution in [0.2, 0.25) is 0 Å². The Kier molecular flexibility index (Phi) is 6.08. The average molecular weight is 375 g/mol. The first-order chi connectivity index (χ1) is 12.1. The molecule has 0 saturated heterocycles. The van der Waals surface area contributed by atoms with Crippen LogP contribution in [0.3, 0.4) is 0 Å². The maximum atomic E-state index is 12.7. The smallest absolute Gasteiger partial charge is 0.251 e. The predicted molar refractivity (Wildman–Crippen MR) is 106 cm³/mol. The summed E-state index contributed by atoms with van der Waals surface area (Å²) in [5, 5.41) is 3.06. The summed E-state index contributed by atoms with van der Waals surface area (Å²) in [4.78, 5) is 12.7. The van der Waals surface area contributed by atoms with E-state index in [4.69, 9.17) is 0 Å². The molecule has 5 nitrogen and oxygen atoms in total. The number of anilines is 1. The molecule has 0 radical (unpaired) electrons. The SMILES string of the molecule is CCC(NC(=O)c1cccc(N(C)S(C)(=O)=O)c1)c1ccc(C)cc1C. The topological polar surface area (TPSA) is 66.5 Å². The second-order valence-corrected chi connectivity index (χ2v) is 8.59. The molecule has 6 heteroatoms. The molecule has 2 rings (SSSR count). The van der Waals surface area contributed by atoms with Gasteiger partial charge in [-0.05, 0) is 49.6 Å². The van der Waals surface area contributed by atoms with Gasteiger partial charge in [-0.25, -0.2) is 8.42 Å². The van der Waals surface area contributed by atoms with Crippen molar-refractivity contribution in [3.8, 4) is 0 Å². The second-order valence-electron chi connectivity index (χ2n) is 6.58. The van der Waals surface area contributed by atoms with Gasteiger partial charge in [0, 0.05) is 12.6 Å². The van der Waals surface area contributed by atoms with E-state index in [-0.39, 0.29) is 11.9 Å². The number of hydrogen-bond donors (Lipinski definition) is 1. The van der Waals surface area contributed by atoms with E-state index in [9.17, 15) is 13.2 Å². The van der Waals surface area contributed by atoms with Crippen LogP contribution in [-0.4, -0.2) is 27.6 Å². The van der Waals surface area contributed by atoms with Crippen molar-refractivity contribution in [1.29, 1.82) is 0 Å². The maximum Gasteiger partial charge on any atom is 0.251 e. The Morgan fingerprint density at radius 3 is 2.42 bits per heavy atom. The second kappa shape index (κ2) is 7.91. The van der Waals surface area contributed by atoms with Crippen LogP contribution >= 0.6 is 0 Å². The van der Waals surface area contributed by atoms with E-state index in [1.165, 1.54) is 12.6 Å². The number of hydrogen-bond acceptors (Lipinski definition) is 3. The predicted octanol–water partition coefficient (Wildman–Crippen LogP) is 3.58. The van der Waals surface area contributed by atoms with Crippen molar-refractivity contribution in [3.05, 3.63) is 64.7 Å². The molecule has 0 fully saturated rings. The van der Waals surface area contributed by atoms with Gasteiger partial charge in [0.15, 0.2) is 0 Å². The van der Waals surface area contributed by atoms with Crippen molar-refractivity contribution >= 4 is 21.6 Å². The van der Waals surface area contributed by atoms with E-state index in [0.29, 0.717) is 11.3 Å². The van der Waals surface area contributed by atoms with E-state index < -0.39 is 10.0 Å². The highest BCUT2D eigenvalue weighted by Gasteiger charge is 2.18. The van der Waals surface area contributed by atoms with Crippen LogP contribution in [-0.2, 0) is 10.0 Å². The summed E-state index contributed by atoms with van der Waals surface area (Å²) in [7, 11) is -1.91. The third-order valence-corrected chi connectivity index (χ3v) is 5.69. The number of amides is 1. The molecule has 1 atom stereocenters. The Bertz CT molecular complexity index is 907. The Balaban J connectivity index is 2.26. The van der Waals surface area contributed by atoms with Crippen molar-refractivity contribution in [2.75, 3.05) is 17.6 Å². The summed E-state index contributed by atoms with van der Waals surface area (Å²) >= 11 is 0. The van der Waals surface area contributed by atoms with Crippen LogP contribution in [0.5, 0.6) is 0 Å². The molecule has 1 amide bonds. The largest absolute Gasteiger partial charge is 0.345 e. The van der Waals surface area contributed by atoms with Gasteiger partial charge in [-0.1, -0.05) is 36.8 Å². The van der Waals surface area contributed by atoms with E-state index in [0.717, 1.165) is 28.1 Å². The number of nitrogens with one attached hydrogen (secondary N) is 1. The zero-order valence-corrected chi connectivity index (χ0v) is 16.7. The first-order valence-corrected chi connectivity index (χ1v) is 10.4. The van der Waals surface area contributed by atoms with Gasteiger partial charge >= 0.3 is 0 Å². The maximum absolute atomic E-state index is 12.7. The van der Waals surface area contributed by atoms with Crippen molar-refractivity contribution in [2.45, 2.75) is 33.2 Å². The lowest BCUT2D eigenvalue weighted by molar-refractivity contribution is 0.0935. The highest BCUT2D eigenvalue weighted by atomic mass is 32.2. The molecule has 1 unspecified atom stereocenters. The zero-order chi connectivity index (χ0) is 19.5. The summed E-state index contributed by atoms with van der Waals surface area (Å²) in [6, 6.07) is 12.7. The van der Waals surface area contributed by atoms with Gasteiger partial charge in [-0.3, -0.25) is 9.10 Å². The molecule has 0 saturated carbocycles. The Morgan fingerprint density at radius 1 is 1.15 bits per heavy atom. The van der Waals surface area contributed by atoms with Crippen LogP contribution in [0.1, 0.15) is 46.4 Å². The molecule has 0 aliphatic rings. The number of carbonyl (C=O) groups excluding carboxylic acids is 1. The van der Waals surface area contributed by atoms with E-state index in [1.54, 1.807) is 24.3 Å². The lowest BCUT2D eigenvalue weighted by Crippen LogP contribution is -2.29. The highest BCUT2D eigenvalue weighted by molar-refractivity contribution is 7.92. The molecule has 0 aliphatic carbocycles. The monoisotopic (exact) mass is 374 g/mol. The minimum atomic E-state index is -3.38. The molecule has 26 heavy (non-hydrogen) atoms. The van der Waals surface area contributed by atoms with Gasteiger partial charge in [-0.2, -0.15) is 0 Å². The summed E-state index contributed by atoms with van der Waals surface area (Å²) < 4.78 is 24.6. The minimum absolute atomic E-state index is 0.0978. The molecule has 0 aromatic heterocycles. The van der Waals surface area contributed by atoms with Crippen molar-refractivity contribution < 1.29 is 13.2 Å². The Labute approximate surface area is 156 Å². The number of sulfonamides is 1. The normalized spacial score (nSPS) is 12.5. The van der Waals surface area contributed by atoms with Gasteiger partial charge < -0.3 is 5.32 Å². The fourth-order valence-electron chi connectivity index (χ4n) is 2.89.